The highest BCUT2D eigenvalue weighted by atomic mass is 16.5. The van der Waals surface area contributed by atoms with E-state index in [0.29, 0.717) is 36.9 Å². The molecule has 0 bridgehead atoms. The highest BCUT2D eigenvalue weighted by Crippen LogP contribution is 2.19. The third-order valence-corrected chi connectivity index (χ3v) is 4.54. The molecule has 3 aromatic rings. The monoisotopic (exact) mass is 450 g/mol. The van der Waals surface area contributed by atoms with E-state index in [0.717, 1.165) is 11.3 Å². The molecule has 0 atom stereocenters. The van der Waals surface area contributed by atoms with Crippen molar-refractivity contribution in [1.82, 2.24) is 14.9 Å². The molecule has 0 saturated carbocycles. The van der Waals surface area contributed by atoms with Crippen LogP contribution in [-0.2, 0) is 16.1 Å². The predicted molar refractivity (Wildman–Crippen MR) is 124 cm³/mol. The molecule has 2 N–H and O–H groups in total. The van der Waals surface area contributed by atoms with Gasteiger partial charge >= 0.3 is 0 Å². The lowest BCUT2D eigenvalue weighted by Crippen LogP contribution is -2.27. The van der Waals surface area contributed by atoms with E-state index in [-0.39, 0.29) is 23.9 Å². The number of benzene rings is 2. The van der Waals surface area contributed by atoms with Crippen molar-refractivity contribution in [2.75, 3.05) is 25.1 Å². The zero-order valence-corrected chi connectivity index (χ0v) is 18.5. The maximum Gasteiger partial charge on any atom is 0.254 e. The van der Waals surface area contributed by atoms with E-state index in [1.165, 1.54) is 23.9 Å². The fourth-order valence-electron chi connectivity index (χ4n) is 2.98. The van der Waals surface area contributed by atoms with Crippen LogP contribution >= 0.6 is 0 Å². The average Bonchev–Trinajstić information content (AvgIpc) is 2.80. The van der Waals surface area contributed by atoms with Crippen molar-refractivity contribution in [3.63, 3.8) is 0 Å². The van der Waals surface area contributed by atoms with Gasteiger partial charge in [0.25, 0.3) is 5.56 Å². The molecule has 0 radical (unpaired) electrons. The van der Waals surface area contributed by atoms with E-state index in [1.54, 1.807) is 24.3 Å². The summed E-state index contributed by atoms with van der Waals surface area (Å²) in [5.41, 5.74) is 1.55. The number of hydrogen-bond donors (Lipinski definition) is 2. The van der Waals surface area contributed by atoms with Crippen molar-refractivity contribution < 1.29 is 19.1 Å². The number of amides is 2. The Morgan fingerprint density at radius 2 is 1.67 bits per heavy atom. The molecule has 0 spiro atoms. The van der Waals surface area contributed by atoms with Crippen LogP contribution in [0.15, 0.2) is 65.7 Å². The molecule has 2 aromatic carbocycles. The van der Waals surface area contributed by atoms with E-state index in [4.69, 9.17) is 9.47 Å². The Bertz CT molecular complexity index is 1140. The number of aromatic nitrogens is 2. The minimum absolute atomic E-state index is 0.114. The number of ether oxygens (including phenoxy) is 2. The number of carbonyl (C=O) groups is 2. The van der Waals surface area contributed by atoms with Crippen molar-refractivity contribution in [2.45, 2.75) is 20.4 Å². The van der Waals surface area contributed by atoms with Crippen molar-refractivity contribution >= 4 is 17.5 Å². The highest BCUT2D eigenvalue weighted by Gasteiger charge is 2.08. The Balaban J connectivity index is 1.54. The first-order valence-electron chi connectivity index (χ1n) is 10.5. The molecule has 2 amide bonds. The van der Waals surface area contributed by atoms with Gasteiger partial charge in [-0.2, -0.15) is 0 Å². The summed E-state index contributed by atoms with van der Waals surface area (Å²) >= 11 is 0. The molecule has 0 aliphatic carbocycles. The molecule has 9 heteroatoms. The Morgan fingerprint density at radius 3 is 2.30 bits per heavy atom. The van der Waals surface area contributed by atoms with E-state index < -0.39 is 0 Å². The number of hydrogen-bond acceptors (Lipinski definition) is 6. The molecule has 9 nitrogen and oxygen atoms in total. The minimum Gasteiger partial charge on any atom is -0.494 e. The summed E-state index contributed by atoms with van der Waals surface area (Å²) < 4.78 is 12.2. The summed E-state index contributed by atoms with van der Waals surface area (Å²) in [6, 6.07) is 15.5. The van der Waals surface area contributed by atoms with Gasteiger partial charge in [-0.05, 0) is 55.5 Å². The smallest absolute Gasteiger partial charge is 0.254 e. The Morgan fingerprint density at radius 1 is 1.00 bits per heavy atom. The van der Waals surface area contributed by atoms with Crippen LogP contribution in [0.4, 0.5) is 5.69 Å². The fraction of sp³-hybridized carbons (Fsp3) is 0.250. The van der Waals surface area contributed by atoms with Crippen LogP contribution in [0, 0.1) is 0 Å². The van der Waals surface area contributed by atoms with Crippen LogP contribution < -0.4 is 25.7 Å². The molecule has 0 aliphatic rings. The van der Waals surface area contributed by atoms with Crippen molar-refractivity contribution in [3.05, 3.63) is 71.3 Å². The zero-order valence-electron chi connectivity index (χ0n) is 18.5. The lowest BCUT2D eigenvalue weighted by molar-refractivity contribution is -0.119. The summed E-state index contributed by atoms with van der Waals surface area (Å²) in [5.74, 6) is 0.892. The Labute approximate surface area is 191 Å². The molecule has 172 valence electrons. The molecule has 33 heavy (non-hydrogen) atoms. The van der Waals surface area contributed by atoms with Crippen LogP contribution in [0.5, 0.6) is 11.5 Å². The summed E-state index contributed by atoms with van der Waals surface area (Å²) in [4.78, 5) is 40.0. The van der Waals surface area contributed by atoms with Gasteiger partial charge in [-0.15, -0.1) is 0 Å². The van der Waals surface area contributed by atoms with E-state index >= 15 is 0 Å². The summed E-state index contributed by atoms with van der Waals surface area (Å²) in [6.07, 6.45) is 1.36. The van der Waals surface area contributed by atoms with Gasteiger partial charge in [0.05, 0.1) is 25.2 Å². The van der Waals surface area contributed by atoms with Crippen LogP contribution in [-0.4, -0.2) is 41.1 Å². The second kappa shape index (κ2) is 11.5. The number of nitrogens with zero attached hydrogens (tertiary/aromatic N) is 2. The zero-order chi connectivity index (χ0) is 23.6. The second-order valence-electron chi connectivity index (χ2n) is 7.10. The third kappa shape index (κ3) is 7.20. The molecule has 1 heterocycles. The second-order valence-corrected chi connectivity index (χ2v) is 7.10. The van der Waals surface area contributed by atoms with Crippen LogP contribution in [0.1, 0.15) is 13.8 Å². The van der Waals surface area contributed by atoms with Crippen molar-refractivity contribution in [3.8, 4) is 22.8 Å². The summed E-state index contributed by atoms with van der Waals surface area (Å²) in [5, 5.41) is 5.38. The molecule has 0 saturated heterocycles. The Hall–Kier alpha value is -4.14. The van der Waals surface area contributed by atoms with E-state index in [1.807, 2.05) is 31.2 Å². The van der Waals surface area contributed by atoms with Crippen molar-refractivity contribution in [1.29, 1.82) is 0 Å². The van der Waals surface area contributed by atoms with Gasteiger partial charge in [-0.1, -0.05) is 0 Å². The first kappa shape index (κ1) is 23.5. The quantitative estimate of drug-likeness (QED) is 0.459. The van der Waals surface area contributed by atoms with Crippen molar-refractivity contribution in [2.24, 2.45) is 0 Å². The SMILES string of the molecule is CCOc1ccc(-c2cc(=O)n(CC(=O)Nc3ccc(OCCNC(C)=O)cc3)cn2)cc1. The van der Waals surface area contributed by atoms with Gasteiger partial charge in [-0.25, -0.2) is 4.98 Å². The molecular weight excluding hydrogens is 424 g/mol. The van der Waals surface area contributed by atoms with E-state index in [9.17, 15) is 14.4 Å². The van der Waals surface area contributed by atoms with Gasteiger partial charge in [0.1, 0.15) is 24.7 Å². The molecule has 1 aromatic heterocycles. The maximum absolute atomic E-state index is 12.5. The van der Waals surface area contributed by atoms with Gasteiger partial charge in [-0.3, -0.25) is 19.0 Å². The lowest BCUT2D eigenvalue weighted by atomic mass is 10.1. The molecule has 3 rings (SSSR count). The number of anilines is 1. The summed E-state index contributed by atoms with van der Waals surface area (Å²) in [7, 11) is 0. The molecule has 0 fully saturated rings. The minimum atomic E-state index is -0.355. The van der Waals surface area contributed by atoms with Gasteiger partial charge < -0.3 is 20.1 Å². The van der Waals surface area contributed by atoms with Crippen LogP contribution in [0.2, 0.25) is 0 Å². The third-order valence-electron chi connectivity index (χ3n) is 4.54. The first-order chi connectivity index (χ1) is 15.9. The first-order valence-corrected chi connectivity index (χ1v) is 10.5. The standard InChI is InChI=1S/C24H26N4O5/c1-3-32-20-8-4-18(5-9-20)22-14-24(31)28(16-26-22)15-23(30)27-19-6-10-21(11-7-19)33-13-12-25-17(2)29/h4-11,14,16H,3,12-13,15H2,1-2H3,(H,25,29)(H,27,30). The number of rotatable bonds is 10. The molecular formula is C24H26N4O5. The Kier molecular flexibility index (Phi) is 8.18. The number of nitrogens with one attached hydrogen (secondary N) is 2. The van der Waals surface area contributed by atoms with Gasteiger partial charge in [0.15, 0.2) is 0 Å². The number of carbonyl (C=O) groups excluding carboxylic acids is 2. The lowest BCUT2D eigenvalue weighted by Gasteiger charge is -2.10. The topological polar surface area (TPSA) is 112 Å². The average molecular weight is 450 g/mol. The molecule has 0 aliphatic heterocycles. The largest absolute Gasteiger partial charge is 0.494 e. The van der Waals surface area contributed by atoms with Crippen LogP contribution in [0.3, 0.4) is 0 Å². The molecule has 0 unspecified atom stereocenters. The normalized spacial score (nSPS) is 10.4. The predicted octanol–water partition coefficient (Wildman–Crippen LogP) is 2.46. The van der Waals surface area contributed by atoms with Gasteiger partial charge in [0.2, 0.25) is 11.8 Å². The highest BCUT2D eigenvalue weighted by molar-refractivity contribution is 5.90. The summed E-state index contributed by atoms with van der Waals surface area (Å²) in [6.45, 7) is 4.52. The maximum atomic E-state index is 12.5. The van der Waals surface area contributed by atoms with E-state index in [2.05, 4.69) is 15.6 Å². The fourth-order valence-corrected chi connectivity index (χ4v) is 2.98. The van der Waals surface area contributed by atoms with Crippen LogP contribution in [0.25, 0.3) is 11.3 Å². The van der Waals surface area contributed by atoms with Gasteiger partial charge in [0, 0.05) is 24.2 Å².